The van der Waals surface area contributed by atoms with E-state index in [0.717, 1.165) is 37.2 Å². The van der Waals surface area contributed by atoms with Crippen LogP contribution in [0.3, 0.4) is 0 Å². The summed E-state index contributed by atoms with van der Waals surface area (Å²) in [4.78, 5) is 13.7. The summed E-state index contributed by atoms with van der Waals surface area (Å²) in [5.41, 5.74) is 1.13. The normalized spacial score (nSPS) is 19.4. The Morgan fingerprint density at radius 3 is 2.59 bits per heavy atom. The fourth-order valence-corrected chi connectivity index (χ4v) is 2.35. The van der Waals surface area contributed by atoms with Gasteiger partial charge in [-0.1, -0.05) is 0 Å². The third-order valence-electron chi connectivity index (χ3n) is 3.44. The molecule has 0 heterocycles. The Bertz CT molecular complexity index is 386. The lowest BCUT2D eigenvalue weighted by molar-refractivity contribution is -0.120. The maximum absolute atomic E-state index is 11.6. The van der Waals surface area contributed by atoms with E-state index < -0.39 is 0 Å². The van der Waals surface area contributed by atoms with Crippen LogP contribution in [0.4, 0.5) is 5.69 Å². The van der Waals surface area contributed by atoms with Gasteiger partial charge >= 0.3 is 0 Å². The van der Waals surface area contributed by atoms with Crippen LogP contribution in [0.15, 0.2) is 24.3 Å². The fourth-order valence-electron chi connectivity index (χ4n) is 2.35. The Labute approximate surface area is 102 Å². The monoisotopic (exact) mass is 233 g/mol. The van der Waals surface area contributed by atoms with Crippen molar-refractivity contribution < 1.29 is 9.53 Å². The van der Waals surface area contributed by atoms with Gasteiger partial charge in [-0.2, -0.15) is 0 Å². The van der Waals surface area contributed by atoms with Crippen LogP contribution < -0.4 is 9.64 Å². The molecule has 1 aromatic rings. The van der Waals surface area contributed by atoms with Crippen LogP contribution in [0.5, 0.6) is 5.75 Å². The molecule has 0 bridgehead atoms. The Balaban J connectivity index is 1.98. The third-order valence-corrected chi connectivity index (χ3v) is 3.44. The highest BCUT2D eigenvalue weighted by Crippen LogP contribution is 2.25. The Morgan fingerprint density at radius 2 is 2.06 bits per heavy atom. The minimum atomic E-state index is 0.224. The van der Waals surface area contributed by atoms with Gasteiger partial charge in [0.2, 0.25) is 0 Å². The average Bonchev–Trinajstić information content (AvgIpc) is 2.75. The van der Waals surface area contributed by atoms with Crippen molar-refractivity contribution in [3.63, 3.8) is 0 Å². The van der Waals surface area contributed by atoms with E-state index in [2.05, 4.69) is 4.90 Å². The van der Waals surface area contributed by atoms with Crippen molar-refractivity contribution in [1.82, 2.24) is 0 Å². The molecule has 0 N–H and O–H groups in total. The molecule has 1 aliphatic rings. The van der Waals surface area contributed by atoms with Gasteiger partial charge in [0.1, 0.15) is 11.5 Å². The second kappa shape index (κ2) is 5.21. The standard InChI is InChI=1S/C14H19NO2/c1-15(10-11-4-3-5-14(11)16)12-6-8-13(17-2)9-7-12/h6-9,11H,3-5,10H2,1-2H3. The summed E-state index contributed by atoms with van der Waals surface area (Å²) in [6.07, 6.45) is 2.86. The van der Waals surface area contributed by atoms with Crippen LogP contribution in [0.2, 0.25) is 0 Å². The van der Waals surface area contributed by atoms with Gasteiger partial charge in [-0.15, -0.1) is 0 Å². The number of Topliss-reactive ketones (excluding diaryl/α,β-unsaturated/α-hetero) is 1. The van der Waals surface area contributed by atoms with E-state index in [9.17, 15) is 4.79 Å². The predicted molar refractivity (Wildman–Crippen MR) is 68.6 cm³/mol. The van der Waals surface area contributed by atoms with E-state index in [1.54, 1.807) is 7.11 Å². The highest BCUT2D eigenvalue weighted by atomic mass is 16.5. The number of methoxy groups -OCH3 is 1. The largest absolute Gasteiger partial charge is 0.497 e. The molecule has 17 heavy (non-hydrogen) atoms. The van der Waals surface area contributed by atoms with Gasteiger partial charge in [0.05, 0.1) is 7.11 Å². The Hall–Kier alpha value is -1.51. The lowest BCUT2D eigenvalue weighted by Gasteiger charge is -2.22. The molecule has 0 radical (unpaired) electrons. The molecular formula is C14H19NO2. The lowest BCUT2D eigenvalue weighted by Crippen LogP contribution is -2.27. The van der Waals surface area contributed by atoms with Crippen molar-refractivity contribution >= 4 is 11.5 Å². The molecule has 1 aromatic carbocycles. The molecule has 0 aliphatic heterocycles. The Morgan fingerprint density at radius 1 is 1.35 bits per heavy atom. The zero-order valence-electron chi connectivity index (χ0n) is 10.5. The average molecular weight is 233 g/mol. The summed E-state index contributed by atoms with van der Waals surface area (Å²) in [6.45, 7) is 0.825. The number of benzene rings is 1. The van der Waals surface area contributed by atoms with E-state index in [1.807, 2.05) is 31.3 Å². The summed E-state index contributed by atoms with van der Waals surface area (Å²) in [5, 5.41) is 0. The van der Waals surface area contributed by atoms with Crippen molar-refractivity contribution in [1.29, 1.82) is 0 Å². The number of hydrogen-bond acceptors (Lipinski definition) is 3. The van der Waals surface area contributed by atoms with Crippen molar-refractivity contribution in [3.8, 4) is 5.75 Å². The van der Waals surface area contributed by atoms with E-state index in [1.165, 1.54) is 0 Å². The smallest absolute Gasteiger partial charge is 0.137 e. The summed E-state index contributed by atoms with van der Waals surface area (Å²) < 4.78 is 5.13. The van der Waals surface area contributed by atoms with Crippen LogP contribution in [0.25, 0.3) is 0 Å². The first-order valence-corrected chi connectivity index (χ1v) is 6.08. The van der Waals surface area contributed by atoms with Crippen LogP contribution >= 0.6 is 0 Å². The molecular weight excluding hydrogens is 214 g/mol. The van der Waals surface area contributed by atoms with E-state index in [0.29, 0.717) is 5.78 Å². The summed E-state index contributed by atoms with van der Waals surface area (Å²) in [5.74, 6) is 1.51. The molecule has 0 spiro atoms. The molecule has 1 aliphatic carbocycles. The molecule has 3 nitrogen and oxygen atoms in total. The zero-order valence-corrected chi connectivity index (χ0v) is 10.5. The van der Waals surface area contributed by atoms with Crippen LogP contribution in [0.1, 0.15) is 19.3 Å². The van der Waals surface area contributed by atoms with Gasteiger partial charge in [-0.25, -0.2) is 0 Å². The number of ether oxygens (including phenoxy) is 1. The number of hydrogen-bond donors (Lipinski definition) is 0. The fraction of sp³-hybridized carbons (Fsp3) is 0.500. The first kappa shape index (κ1) is 12.0. The number of ketones is 1. The first-order valence-electron chi connectivity index (χ1n) is 6.08. The van der Waals surface area contributed by atoms with Crippen molar-refractivity contribution in [2.24, 2.45) is 5.92 Å². The highest BCUT2D eigenvalue weighted by molar-refractivity contribution is 5.83. The number of carbonyl (C=O) groups excluding carboxylic acids is 1. The highest BCUT2D eigenvalue weighted by Gasteiger charge is 2.25. The van der Waals surface area contributed by atoms with Gasteiger partial charge in [-0.05, 0) is 37.1 Å². The van der Waals surface area contributed by atoms with Gasteiger partial charge in [0.15, 0.2) is 0 Å². The summed E-state index contributed by atoms with van der Waals surface area (Å²) >= 11 is 0. The second-order valence-corrected chi connectivity index (χ2v) is 4.63. The van der Waals surface area contributed by atoms with Gasteiger partial charge in [-0.3, -0.25) is 4.79 Å². The number of carbonyl (C=O) groups is 1. The quantitative estimate of drug-likeness (QED) is 0.800. The van der Waals surface area contributed by atoms with Crippen LogP contribution in [-0.4, -0.2) is 26.5 Å². The number of rotatable bonds is 4. The molecule has 2 rings (SSSR count). The maximum Gasteiger partial charge on any atom is 0.137 e. The van der Waals surface area contributed by atoms with Gasteiger partial charge in [0, 0.05) is 31.6 Å². The SMILES string of the molecule is COc1ccc(N(C)CC2CCCC2=O)cc1. The molecule has 1 fully saturated rings. The van der Waals surface area contributed by atoms with Gasteiger partial charge in [0.25, 0.3) is 0 Å². The molecule has 1 atom stereocenters. The molecule has 0 saturated heterocycles. The summed E-state index contributed by atoms with van der Waals surface area (Å²) in [6, 6.07) is 7.95. The van der Waals surface area contributed by atoms with E-state index >= 15 is 0 Å². The summed E-state index contributed by atoms with van der Waals surface area (Å²) in [7, 11) is 3.70. The van der Waals surface area contributed by atoms with E-state index in [4.69, 9.17) is 4.74 Å². The lowest BCUT2D eigenvalue weighted by atomic mass is 10.1. The molecule has 0 aromatic heterocycles. The zero-order chi connectivity index (χ0) is 12.3. The van der Waals surface area contributed by atoms with Crippen molar-refractivity contribution in [3.05, 3.63) is 24.3 Å². The van der Waals surface area contributed by atoms with Gasteiger partial charge < -0.3 is 9.64 Å². The second-order valence-electron chi connectivity index (χ2n) is 4.63. The predicted octanol–water partition coefficient (Wildman–Crippen LogP) is 2.50. The van der Waals surface area contributed by atoms with Crippen molar-refractivity contribution in [2.45, 2.75) is 19.3 Å². The Kier molecular flexibility index (Phi) is 3.67. The number of nitrogens with zero attached hydrogens (tertiary/aromatic N) is 1. The minimum absolute atomic E-state index is 0.224. The first-order chi connectivity index (χ1) is 8.20. The van der Waals surface area contributed by atoms with Crippen LogP contribution in [0, 0.1) is 5.92 Å². The molecule has 92 valence electrons. The number of anilines is 1. The van der Waals surface area contributed by atoms with E-state index in [-0.39, 0.29) is 5.92 Å². The van der Waals surface area contributed by atoms with Crippen LogP contribution in [-0.2, 0) is 4.79 Å². The minimum Gasteiger partial charge on any atom is -0.497 e. The third kappa shape index (κ3) is 2.78. The molecule has 0 amide bonds. The topological polar surface area (TPSA) is 29.5 Å². The van der Waals surface area contributed by atoms with Crippen molar-refractivity contribution in [2.75, 3.05) is 25.6 Å². The molecule has 1 unspecified atom stereocenters. The maximum atomic E-state index is 11.6. The molecule has 1 saturated carbocycles. The molecule has 3 heteroatoms.